The Hall–Kier alpha value is -0.960. The highest BCUT2D eigenvalue weighted by Gasteiger charge is 2.19. The molecule has 2 heterocycles. The molecule has 0 N–H and O–H groups in total. The first-order valence-corrected chi connectivity index (χ1v) is 5.06. The van der Waals surface area contributed by atoms with Gasteiger partial charge in [-0.3, -0.25) is 4.98 Å². The van der Waals surface area contributed by atoms with Gasteiger partial charge in [-0.15, -0.1) is 0 Å². The SMILES string of the molecule is CC(C)(C)c1snc2cnccc12. The summed E-state index contributed by atoms with van der Waals surface area (Å²) in [5, 5.41) is 1.24. The summed E-state index contributed by atoms with van der Waals surface area (Å²) in [5.74, 6) is 0. The zero-order valence-corrected chi connectivity index (χ0v) is 8.85. The molecule has 0 bridgehead atoms. The van der Waals surface area contributed by atoms with Crippen molar-refractivity contribution in [2.24, 2.45) is 0 Å². The molecule has 0 fully saturated rings. The molecular weight excluding hydrogens is 180 g/mol. The molecule has 0 aromatic carbocycles. The molecule has 2 aromatic heterocycles. The van der Waals surface area contributed by atoms with Crippen LogP contribution in [0.15, 0.2) is 18.5 Å². The third kappa shape index (κ3) is 1.44. The van der Waals surface area contributed by atoms with Gasteiger partial charge in [0.05, 0.1) is 6.20 Å². The van der Waals surface area contributed by atoms with Crippen molar-refractivity contribution in [2.45, 2.75) is 26.2 Å². The molecule has 0 radical (unpaired) electrons. The lowest BCUT2D eigenvalue weighted by Crippen LogP contribution is -2.08. The third-order valence-corrected chi connectivity index (χ3v) is 3.26. The molecule has 2 rings (SSSR count). The summed E-state index contributed by atoms with van der Waals surface area (Å²) < 4.78 is 4.36. The van der Waals surface area contributed by atoms with Gasteiger partial charge in [-0.1, -0.05) is 20.8 Å². The van der Waals surface area contributed by atoms with Gasteiger partial charge < -0.3 is 0 Å². The molecule has 2 nitrogen and oxygen atoms in total. The summed E-state index contributed by atoms with van der Waals surface area (Å²) in [6.45, 7) is 6.63. The van der Waals surface area contributed by atoms with Gasteiger partial charge in [0.2, 0.25) is 0 Å². The van der Waals surface area contributed by atoms with Crippen molar-refractivity contribution in [3.63, 3.8) is 0 Å². The summed E-state index contributed by atoms with van der Waals surface area (Å²) in [6, 6.07) is 2.04. The number of rotatable bonds is 0. The van der Waals surface area contributed by atoms with Crippen LogP contribution in [0.2, 0.25) is 0 Å². The predicted molar refractivity (Wildman–Crippen MR) is 56.1 cm³/mol. The van der Waals surface area contributed by atoms with E-state index in [9.17, 15) is 0 Å². The van der Waals surface area contributed by atoms with Crippen molar-refractivity contribution in [1.82, 2.24) is 9.36 Å². The highest BCUT2D eigenvalue weighted by Crippen LogP contribution is 2.32. The van der Waals surface area contributed by atoms with E-state index in [-0.39, 0.29) is 5.41 Å². The smallest absolute Gasteiger partial charge is 0.103 e. The molecule has 2 aromatic rings. The summed E-state index contributed by atoms with van der Waals surface area (Å²) >= 11 is 1.58. The monoisotopic (exact) mass is 192 g/mol. The largest absolute Gasteiger partial charge is 0.262 e. The molecule has 0 saturated carbocycles. The van der Waals surface area contributed by atoms with Crippen LogP contribution in [0.1, 0.15) is 25.6 Å². The van der Waals surface area contributed by atoms with E-state index in [1.165, 1.54) is 10.3 Å². The first-order valence-electron chi connectivity index (χ1n) is 4.29. The van der Waals surface area contributed by atoms with E-state index in [2.05, 4.69) is 30.1 Å². The van der Waals surface area contributed by atoms with Crippen LogP contribution in [0, 0.1) is 0 Å². The molecule has 0 spiro atoms. The Morgan fingerprint density at radius 1 is 1.31 bits per heavy atom. The number of pyridine rings is 1. The van der Waals surface area contributed by atoms with E-state index in [4.69, 9.17) is 0 Å². The average molecular weight is 192 g/mol. The predicted octanol–water partition coefficient (Wildman–Crippen LogP) is 2.99. The summed E-state index contributed by atoms with van der Waals surface area (Å²) in [7, 11) is 0. The number of nitrogens with zero attached hydrogens (tertiary/aromatic N) is 2. The molecule has 0 amide bonds. The molecule has 68 valence electrons. The van der Waals surface area contributed by atoms with Gasteiger partial charge in [-0.25, -0.2) is 0 Å². The van der Waals surface area contributed by atoms with Crippen molar-refractivity contribution in [3.8, 4) is 0 Å². The Kier molecular flexibility index (Phi) is 1.84. The summed E-state index contributed by atoms with van der Waals surface area (Å²) in [4.78, 5) is 5.39. The summed E-state index contributed by atoms with van der Waals surface area (Å²) in [6.07, 6.45) is 3.65. The van der Waals surface area contributed by atoms with Crippen LogP contribution in [0.5, 0.6) is 0 Å². The maximum atomic E-state index is 4.36. The van der Waals surface area contributed by atoms with E-state index < -0.39 is 0 Å². The molecular formula is C10H12N2S. The van der Waals surface area contributed by atoms with Gasteiger partial charge in [0.25, 0.3) is 0 Å². The lowest BCUT2D eigenvalue weighted by molar-refractivity contribution is 0.608. The van der Waals surface area contributed by atoms with Crippen LogP contribution in [-0.2, 0) is 5.41 Å². The lowest BCUT2D eigenvalue weighted by Gasteiger charge is -2.15. The fraction of sp³-hybridized carbons (Fsp3) is 0.400. The zero-order valence-electron chi connectivity index (χ0n) is 8.03. The van der Waals surface area contributed by atoms with Crippen molar-refractivity contribution in [1.29, 1.82) is 0 Å². The third-order valence-electron chi connectivity index (χ3n) is 1.96. The first-order chi connectivity index (χ1) is 6.09. The molecule has 0 unspecified atom stereocenters. The minimum absolute atomic E-state index is 0.181. The number of hydrogen-bond acceptors (Lipinski definition) is 3. The fourth-order valence-corrected chi connectivity index (χ4v) is 2.22. The summed E-state index contributed by atoms with van der Waals surface area (Å²) in [5.41, 5.74) is 1.19. The van der Waals surface area contributed by atoms with Crippen LogP contribution in [0.3, 0.4) is 0 Å². The van der Waals surface area contributed by atoms with E-state index in [1.807, 2.05) is 18.5 Å². The molecule has 13 heavy (non-hydrogen) atoms. The van der Waals surface area contributed by atoms with Gasteiger partial charge in [-0.05, 0) is 23.0 Å². The average Bonchev–Trinajstić information content (AvgIpc) is 2.45. The maximum absolute atomic E-state index is 4.36. The Labute approximate surface area is 81.8 Å². The van der Waals surface area contributed by atoms with Crippen molar-refractivity contribution in [2.75, 3.05) is 0 Å². The van der Waals surface area contributed by atoms with Crippen LogP contribution in [-0.4, -0.2) is 9.36 Å². The molecule has 0 aliphatic rings. The van der Waals surface area contributed by atoms with Crippen LogP contribution in [0.4, 0.5) is 0 Å². The van der Waals surface area contributed by atoms with Gasteiger partial charge in [0.1, 0.15) is 5.52 Å². The van der Waals surface area contributed by atoms with Gasteiger partial charge in [-0.2, -0.15) is 4.37 Å². The van der Waals surface area contributed by atoms with Crippen LogP contribution < -0.4 is 0 Å². The lowest BCUT2D eigenvalue weighted by atomic mass is 9.92. The maximum Gasteiger partial charge on any atom is 0.103 e. The normalized spacial score (nSPS) is 12.2. The highest BCUT2D eigenvalue weighted by atomic mass is 32.1. The minimum atomic E-state index is 0.181. The number of fused-ring (bicyclic) bond motifs is 1. The van der Waals surface area contributed by atoms with Crippen molar-refractivity contribution >= 4 is 22.4 Å². The Balaban J connectivity index is 2.72. The van der Waals surface area contributed by atoms with Crippen LogP contribution in [0.25, 0.3) is 10.9 Å². The topological polar surface area (TPSA) is 25.8 Å². The Morgan fingerprint density at radius 3 is 2.77 bits per heavy atom. The molecule has 0 saturated heterocycles. The molecule has 0 aliphatic heterocycles. The standard InChI is InChI=1S/C10H12N2S/c1-10(2,3)9-7-4-5-11-6-8(7)12-13-9/h4-6H,1-3H3. The molecule has 0 aliphatic carbocycles. The first kappa shape index (κ1) is 8.63. The highest BCUT2D eigenvalue weighted by molar-refractivity contribution is 7.07. The van der Waals surface area contributed by atoms with Gasteiger partial charge in [0, 0.05) is 16.5 Å². The zero-order chi connectivity index (χ0) is 9.47. The second-order valence-corrected chi connectivity index (χ2v) is 4.93. The minimum Gasteiger partial charge on any atom is -0.262 e. The van der Waals surface area contributed by atoms with E-state index in [1.54, 1.807) is 11.5 Å². The van der Waals surface area contributed by atoms with Gasteiger partial charge >= 0.3 is 0 Å². The van der Waals surface area contributed by atoms with E-state index in [0.29, 0.717) is 0 Å². The van der Waals surface area contributed by atoms with Crippen molar-refractivity contribution in [3.05, 3.63) is 23.3 Å². The Bertz CT molecular complexity index is 426. The number of hydrogen-bond donors (Lipinski definition) is 0. The second-order valence-electron chi connectivity index (χ2n) is 4.15. The second kappa shape index (κ2) is 2.77. The van der Waals surface area contributed by atoms with Crippen LogP contribution >= 0.6 is 11.5 Å². The quantitative estimate of drug-likeness (QED) is 0.641. The fourth-order valence-electron chi connectivity index (χ4n) is 1.34. The van der Waals surface area contributed by atoms with E-state index >= 15 is 0 Å². The number of aromatic nitrogens is 2. The molecule has 0 atom stereocenters. The van der Waals surface area contributed by atoms with E-state index in [0.717, 1.165) is 5.52 Å². The van der Waals surface area contributed by atoms with Gasteiger partial charge in [0.15, 0.2) is 0 Å². The Morgan fingerprint density at radius 2 is 2.08 bits per heavy atom. The van der Waals surface area contributed by atoms with Crippen molar-refractivity contribution < 1.29 is 0 Å². The molecule has 3 heteroatoms.